The summed E-state index contributed by atoms with van der Waals surface area (Å²) in [5.41, 5.74) is 2.03. The first-order valence-corrected chi connectivity index (χ1v) is 19.7. The Morgan fingerprint density at radius 1 is 1.00 bits per heavy atom. The number of carbonyl (C=O) groups is 3. The van der Waals surface area contributed by atoms with Gasteiger partial charge >= 0.3 is 11.9 Å². The van der Waals surface area contributed by atoms with E-state index < -0.39 is 28.9 Å². The normalized spacial score (nSPS) is 37.4. The zero-order valence-corrected chi connectivity index (χ0v) is 32.1. The van der Waals surface area contributed by atoms with Crippen molar-refractivity contribution >= 4 is 29.3 Å². The smallest absolute Gasteiger partial charge is 0.309 e. The van der Waals surface area contributed by atoms with Crippen LogP contribution in [0.2, 0.25) is 5.02 Å². The van der Waals surface area contributed by atoms with Crippen LogP contribution in [0.15, 0.2) is 35.4 Å². The minimum absolute atomic E-state index is 0.122. The van der Waals surface area contributed by atoms with Gasteiger partial charge in [-0.2, -0.15) is 0 Å². The average Bonchev–Trinajstić information content (AvgIpc) is 3.36. The Balaban J connectivity index is 1.21. The molecule has 0 aromatic heterocycles. The first-order chi connectivity index (χ1) is 23.4. The maximum Gasteiger partial charge on any atom is 0.309 e. The first-order valence-electron chi connectivity index (χ1n) is 19.3. The summed E-state index contributed by atoms with van der Waals surface area (Å²) < 4.78 is 6.04. The fourth-order valence-corrected chi connectivity index (χ4v) is 12.5. The Bertz CT molecular complexity index is 1520. The van der Waals surface area contributed by atoms with Crippen molar-refractivity contribution in [3.63, 3.8) is 0 Å². The topological polar surface area (TPSA) is 113 Å². The van der Waals surface area contributed by atoms with E-state index in [4.69, 9.17) is 16.3 Å². The monoisotopic (exact) mass is 709 g/mol. The highest BCUT2D eigenvalue weighted by molar-refractivity contribution is 6.30. The van der Waals surface area contributed by atoms with Crippen molar-refractivity contribution < 1.29 is 29.3 Å². The van der Waals surface area contributed by atoms with E-state index in [0.717, 1.165) is 62.5 Å². The number of carboxylic acid groups (broad SMARTS) is 1. The quantitative estimate of drug-likeness (QED) is 0.209. The van der Waals surface area contributed by atoms with Gasteiger partial charge in [-0.15, -0.1) is 0 Å². The SMILES string of the molecule is CC(C)C1=C2C3CC[C@H]4C(C)(CCC5C(C)C(OC(=O)CC(C)(C)C(=O)O)CCC54C)C3CCC2(C(O)CNCc2ccc(Cl)cc2)CC1=O. The Labute approximate surface area is 304 Å². The van der Waals surface area contributed by atoms with E-state index in [1.54, 1.807) is 13.8 Å². The predicted octanol–water partition coefficient (Wildman–Crippen LogP) is 8.40. The highest BCUT2D eigenvalue weighted by Crippen LogP contribution is 2.72. The van der Waals surface area contributed by atoms with Crippen molar-refractivity contribution in [1.82, 2.24) is 5.32 Å². The summed E-state index contributed by atoms with van der Waals surface area (Å²) in [5, 5.41) is 25.8. The molecule has 0 spiro atoms. The fourth-order valence-electron chi connectivity index (χ4n) is 12.3. The lowest BCUT2D eigenvalue weighted by atomic mass is 9.38. The van der Waals surface area contributed by atoms with Crippen LogP contribution >= 0.6 is 11.6 Å². The van der Waals surface area contributed by atoms with Gasteiger partial charge in [-0.05, 0) is 135 Å². The number of aliphatic carboxylic acids is 1. The molecule has 0 bridgehead atoms. The Morgan fingerprint density at radius 2 is 1.64 bits per heavy atom. The summed E-state index contributed by atoms with van der Waals surface area (Å²) >= 11 is 6.09. The van der Waals surface area contributed by atoms with Crippen LogP contribution in [0.1, 0.15) is 118 Å². The number of rotatable bonds is 10. The van der Waals surface area contributed by atoms with Crippen LogP contribution in [0, 0.1) is 57.2 Å². The van der Waals surface area contributed by atoms with Crippen molar-refractivity contribution in [1.29, 1.82) is 0 Å². The van der Waals surface area contributed by atoms with Crippen molar-refractivity contribution in [3.8, 4) is 0 Å². The second-order valence-electron chi connectivity index (χ2n) is 18.3. The molecule has 3 N–H and O–H groups in total. The molecule has 0 aliphatic heterocycles. The van der Waals surface area contributed by atoms with Gasteiger partial charge in [-0.25, -0.2) is 0 Å². The number of aliphatic hydroxyl groups excluding tert-OH is 1. The molecule has 7 nitrogen and oxygen atoms in total. The number of aliphatic hydroxyl groups is 1. The summed E-state index contributed by atoms with van der Waals surface area (Å²) in [6.07, 6.45) is 7.53. The van der Waals surface area contributed by atoms with Gasteiger partial charge in [0.25, 0.3) is 0 Å². The molecule has 1 aromatic carbocycles. The number of halogens is 1. The lowest BCUT2D eigenvalue weighted by Crippen LogP contribution is -2.61. The Morgan fingerprint density at radius 3 is 2.30 bits per heavy atom. The zero-order chi connectivity index (χ0) is 36.4. The van der Waals surface area contributed by atoms with Gasteiger partial charge in [0.15, 0.2) is 5.78 Å². The van der Waals surface area contributed by atoms with Crippen LogP contribution in [-0.4, -0.2) is 46.7 Å². The van der Waals surface area contributed by atoms with Crippen molar-refractivity contribution in [2.45, 2.75) is 131 Å². The highest BCUT2D eigenvalue weighted by atomic mass is 35.5. The molecule has 8 heteroatoms. The molecule has 0 saturated heterocycles. The van der Waals surface area contributed by atoms with Crippen LogP contribution in [-0.2, 0) is 25.7 Å². The van der Waals surface area contributed by atoms with E-state index in [1.165, 1.54) is 5.57 Å². The van der Waals surface area contributed by atoms with Crippen LogP contribution in [0.4, 0.5) is 0 Å². The van der Waals surface area contributed by atoms with Gasteiger partial charge in [0.1, 0.15) is 6.10 Å². The maximum absolute atomic E-state index is 13.9. The van der Waals surface area contributed by atoms with E-state index in [1.807, 2.05) is 24.3 Å². The molecule has 0 heterocycles. The number of carboxylic acids is 1. The van der Waals surface area contributed by atoms with Crippen LogP contribution in [0.3, 0.4) is 0 Å². The molecule has 4 fully saturated rings. The number of hydrogen-bond acceptors (Lipinski definition) is 6. The van der Waals surface area contributed by atoms with Gasteiger partial charge in [0, 0.05) is 29.9 Å². The number of Topliss-reactive ketones (excluding diaryl/α,β-unsaturated/α-hetero) is 1. The molecular weight excluding hydrogens is 650 g/mol. The molecule has 9 unspecified atom stereocenters. The maximum atomic E-state index is 13.9. The van der Waals surface area contributed by atoms with Gasteiger partial charge in [0.2, 0.25) is 0 Å². The van der Waals surface area contributed by atoms with E-state index in [-0.39, 0.29) is 41.0 Å². The Kier molecular flexibility index (Phi) is 10.2. The van der Waals surface area contributed by atoms with Crippen molar-refractivity contribution in [3.05, 3.63) is 46.0 Å². The summed E-state index contributed by atoms with van der Waals surface area (Å²) in [6.45, 7) is 15.8. The summed E-state index contributed by atoms with van der Waals surface area (Å²) in [6, 6.07) is 7.78. The summed E-state index contributed by atoms with van der Waals surface area (Å²) in [7, 11) is 0. The number of nitrogens with one attached hydrogen (secondary N) is 1. The molecule has 5 aliphatic carbocycles. The molecule has 6 rings (SSSR count). The Hall–Kier alpha value is -2.22. The minimum Gasteiger partial charge on any atom is -0.481 e. The van der Waals surface area contributed by atoms with Gasteiger partial charge in [-0.1, -0.05) is 63.9 Å². The van der Waals surface area contributed by atoms with Gasteiger partial charge in [-0.3, -0.25) is 14.4 Å². The molecule has 1 aromatic rings. The third kappa shape index (κ3) is 6.29. The molecule has 0 amide bonds. The summed E-state index contributed by atoms with van der Waals surface area (Å²) in [5.74, 6) is 0.948. The number of ether oxygens (including phenoxy) is 1. The number of ketones is 1. The van der Waals surface area contributed by atoms with Crippen molar-refractivity contribution in [2.75, 3.05) is 6.54 Å². The van der Waals surface area contributed by atoms with Crippen molar-refractivity contribution in [2.24, 2.45) is 57.2 Å². The second-order valence-corrected chi connectivity index (χ2v) is 18.8. The molecule has 10 atom stereocenters. The lowest BCUT2D eigenvalue weighted by molar-refractivity contribution is -0.193. The first kappa shape index (κ1) is 37.5. The molecule has 0 radical (unpaired) electrons. The van der Waals surface area contributed by atoms with Crippen LogP contribution in [0.25, 0.3) is 0 Å². The minimum atomic E-state index is -1.15. The number of hydrogen-bond donors (Lipinski definition) is 3. The highest BCUT2D eigenvalue weighted by Gasteiger charge is 2.65. The number of esters is 1. The van der Waals surface area contributed by atoms with E-state index in [2.05, 4.69) is 39.9 Å². The third-order valence-corrected chi connectivity index (χ3v) is 15.1. The molecule has 276 valence electrons. The number of benzene rings is 1. The fraction of sp³-hybridized carbons (Fsp3) is 0.738. The molecular formula is C42H60ClNO6. The van der Waals surface area contributed by atoms with E-state index >= 15 is 0 Å². The van der Waals surface area contributed by atoms with E-state index in [9.17, 15) is 24.6 Å². The largest absolute Gasteiger partial charge is 0.481 e. The predicted molar refractivity (Wildman–Crippen MR) is 195 cm³/mol. The third-order valence-electron chi connectivity index (χ3n) is 14.8. The number of fused-ring (bicyclic) bond motifs is 7. The average molecular weight is 710 g/mol. The van der Waals surface area contributed by atoms with Crippen LogP contribution < -0.4 is 5.32 Å². The molecule has 5 aliphatic rings. The standard InChI is InChI=1S/C42H60ClNO6/c1-24(2)36-31(45)20-42(34(46)23-44-22-26-8-10-27(43)11-9-26)19-15-30-28(37(36)42)12-13-33-40(6)18-16-32(25(3)29(40)14-17-41(30,33)7)50-35(47)21-39(4,5)38(48)49/h8-11,24-25,28-30,32-34,44,46H,12-23H2,1-7H3,(H,48,49)/t25?,28?,29?,30?,32?,33-,34?,40?,41?,42?/m1/s1. The lowest BCUT2D eigenvalue weighted by Gasteiger charge is -2.67. The molecule has 50 heavy (non-hydrogen) atoms. The van der Waals surface area contributed by atoms with Gasteiger partial charge in [0.05, 0.1) is 17.9 Å². The number of carbonyl (C=O) groups excluding carboxylic acids is 2. The summed E-state index contributed by atoms with van der Waals surface area (Å²) in [4.78, 5) is 38.4. The van der Waals surface area contributed by atoms with E-state index in [0.29, 0.717) is 48.2 Å². The number of allylic oxidation sites excluding steroid dienone is 1. The molecule has 4 saturated carbocycles. The zero-order valence-electron chi connectivity index (χ0n) is 31.3. The van der Waals surface area contributed by atoms with Gasteiger partial charge < -0.3 is 20.3 Å². The van der Waals surface area contributed by atoms with Crippen LogP contribution in [0.5, 0.6) is 0 Å². The second kappa shape index (κ2) is 13.6.